The van der Waals surface area contributed by atoms with Crippen LogP contribution in [0.5, 0.6) is 0 Å². The third-order valence-electron chi connectivity index (χ3n) is 5.28. The number of benzene rings is 3. The maximum Gasteiger partial charge on any atom is 0.266 e. The number of hydrogen-bond donors (Lipinski definition) is 1. The summed E-state index contributed by atoms with van der Waals surface area (Å²) in [6.07, 6.45) is 1.76. The van der Waals surface area contributed by atoms with Gasteiger partial charge in [0.25, 0.3) is 17.7 Å². The summed E-state index contributed by atoms with van der Waals surface area (Å²) < 4.78 is 1.69. The van der Waals surface area contributed by atoms with Crippen LogP contribution in [0.25, 0.3) is 0 Å². The van der Waals surface area contributed by atoms with E-state index in [1.54, 1.807) is 65.5 Å². The van der Waals surface area contributed by atoms with Crippen LogP contribution in [-0.2, 0) is 6.54 Å². The Bertz CT molecular complexity index is 1380. The minimum atomic E-state index is -0.409. The lowest BCUT2D eigenvalue weighted by molar-refractivity contribution is 0.0924. The molecule has 0 saturated heterocycles. The predicted molar refractivity (Wildman–Crippen MR) is 125 cm³/mol. The van der Waals surface area contributed by atoms with Crippen LogP contribution in [0.1, 0.15) is 36.6 Å². The first-order valence-electron chi connectivity index (χ1n) is 10.2. The molecule has 1 aliphatic heterocycles. The highest BCUT2D eigenvalue weighted by atomic mass is 35.5. The van der Waals surface area contributed by atoms with E-state index in [9.17, 15) is 14.4 Å². The van der Waals surface area contributed by atoms with Gasteiger partial charge in [0.1, 0.15) is 0 Å². The average Bonchev–Trinajstić information content (AvgIpc) is 3.35. The van der Waals surface area contributed by atoms with Crippen molar-refractivity contribution in [3.8, 4) is 0 Å². The van der Waals surface area contributed by atoms with E-state index in [1.165, 1.54) is 6.07 Å². The van der Waals surface area contributed by atoms with Gasteiger partial charge in [0, 0.05) is 22.8 Å². The van der Waals surface area contributed by atoms with Gasteiger partial charge in [-0.3, -0.25) is 19.1 Å². The number of amides is 3. The summed E-state index contributed by atoms with van der Waals surface area (Å²) in [7, 11) is 0. The van der Waals surface area contributed by atoms with Gasteiger partial charge in [0.15, 0.2) is 5.82 Å². The van der Waals surface area contributed by atoms with E-state index in [2.05, 4.69) is 10.4 Å². The second-order valence-electron chi connectivity index (χ2n) is 7.52. The fourth-order valence-corrected chi connectivity index (χ4v) is 3.95. The molecule has 0 unspecified atom stereocenters. The molecule has 3 amide bonds. The van der Waals surface area contributed by atoms with Crippen LogP contribution in [0.3, 0.4) is 0 Å². The van der Waals surface area contributed by atoms with Crippen molar-refractivity contribution >= 4 is 40.8 Å². The van der Waals surface area contributed by atoms with Gasteiger partial charge in [0.05, 0.1) is 23.4 Å². The second kappa shape index (κ2) is 8.37. The molecule has 0 fully saturated rings. The van der Waals surface area contributed by atoms with Crippen molar-refractivity contribution in [3.05, 3.63) is 112 Å². The quantitative estimate of drug-likeness (QED) is 0.443. The SMILES string of the molecule is O=C(Nc1ccn(Cc2cccc(Cl)c2)n1)c1cccc(N2C(=O)c3ccccc3C2=O)c1. The number of rotatable bonds is 5. The number of hydrogen-bond acceptors (Lipinski definition) is 4. The van der Waals surface area contributed by atoms with Crippen molar-refractivity contribution in [3.63, 3.8) is 0 Å². The maximum absolute atomic E-state index is 12.8. The van der Waals surface area contributed by atoms with E-state index >= 15 is 0 Å². The lowest BCUT2D eigenvalue weighted by Gasteiger charge is -2.14. The highest BCUT2D eigenvalue weighted by Crippen LogP contribution is 2.28. The van der Waals surface area contributed by atoms with Gasteiger partial charge < -0.3 is 5.32 Å². The van der Waals surface area contributed by atoms with Gasteiger partial charge in [-0.05, 0) is 48.0 Å². The van der Waals surface area contributed by atoms with Gasteiger partial charge in [0.2, 0.25) is 0 Å². The van der Waals surface area contributed by atoms with E-state index in [4.69, 9.17) is 11.6 Å². The van der Waals surface area contributed by atoms with E-state index in [1.807, 2.05) is 18.2 Å². The average molecular weight is 457 g/mol. The highest BCUT2D eigenvalue weighted by Gasteiger charge is 2.36. The van der Waals surface area contributed by atoms with Crippen molar-refractivity contribution in [1.29, 1.82) is 0 Å². The fourth-order valence-electron chi connectivity index (χ4n) is 3.74. The van der Waals surface area contributed by atoms with Crippen LogP contribution < -0.4 is 10.2 Å². The van der Waals surface area contributed by atoms with Crippen LogP contribution in [0, 0.1) is 0 Å². The van der Waals surface area contributed by atoms with E-state index in [0.29, 0.717) is 39.8 Å². The molecular formula is C25H17ClN4O3. The zero-order valence-corrected chi connectivity index (χ0v) is 18.0. The topological polar surface area (TPSA) is 84.3 Å². The van der Waals surface area contributed by atoms with E-state index in [-0.39, 0.29) is 0 Å². The molecule has 1 N–H and O–H groups in total. The Morgan fingerprint density at radius 3 is 2.33 bits per heavy atom. The Morgan fingerprint density at radius 2 is 1.61 bits per heavy atom. The molecule has 3 aromatic carbocycles. The minimum Gasteiger partial charge on any atom is -0.305 e. The maximum atomic E-state index is 12.8. The lowest BCUT2D eigenvalue weighted by Crippen LogP contribution is -2.29. The first-order valence-corrected chi connectivity index (χ1v) is 10.5. The van der Waals surface area contributed by atoms with Gasteiger partial charge in [-0.25, -0.2) is 4.90 Å². The van der Waals surface area contributed by atoms with Gasteiger partial charge >= 0.3 is 0 Å². The molecule has 8 heteroatoms. The normalized spacial score (nSPS) is 12.7. The number of aromatic nitrogens is 2. The summed E-state index contributed by atoms with van der Waals surface area (Å²) in [5, 5.41) is 7.77. The smallest absolute Gasteiger partial charge is 0.266 e. The number of imide groups is 1. The van der Waals surface area contributed by atoms with Gasteiger partial charge in [-0.1, -0.05) is 41.9 Å². The van der Waals surface area contributed by atoms with Crippen LogP contribution in [0.2, 0.25) is 5.02 Å². The molecule has 0 radical (unpaired) electrons. The zero-order chi connectivity index (χ0) is 22.9. The first kappa shape index (κ1) is 20.7. The molecule has 162 valence electrons. The number of nitrogens with one attached hydrogen (secondary N) is 1. The van der Waals surface area contributed by atoms with Crippen molar-refractivity contribution in [2.45, 2.75) is 6.54 Å². The summed E-state index contributed by atoms with van der Waals surface area (Å²) >= 11 is 6.02. The summed E-state index contributed by atoms with van der Waals surface area (Å²) in [6, 6.07) is 22.2. The van der Waals surface area contributed by atoms with Crippen LogP contribution in [0.15, 0.2) is 85.1 Å². The molecule has 0 spiro atoms. The Kier molecular flexibility index (Phi) is 5.24. The number of halogens is 1. The Labute approximate surface area is 194 Å². The molecule has 5 rings (SSSR count). The third kappa shape index (κ3) is 4.02. The molecule has 1 aliphatic rings. The molecule has 0 saturated carbocycles. The molecule has 0 bridgehead atoms. The Morgan fingerprint density at radius 1 is 0.879 bits per heavy atom. The third-order valence-corrected chi connectivity index (χ3v) is 5.51. The largest absolute Gasteiger partial charge is 0.305 e. The van der Waals surface area contributed by atoms with Crippen LogP contribution in [-0.4, -0.2) is 27.5 Å². The molecule has 1 aromatic heterocycles. The number of fused-ring (bicyclic) bond motifs is 1. The Balaban J connectivity index is 1.32. The number of nitrogens with zero attached hydrogens (tertiary/aromatic N) is 3. The van der Waals surface area contributed by atoms with Crippen LogP contribution >= 0.6 is 11.6 Å². The van der Waals surface area contributed by atoms with E-state index in [0.717, 1.165) is 10.5 Å². The molecule has 33 heavy (non-hydrogen) atoms. The van der Waals surface area contributed by atoms with Gasteiger partial charge in [-0.15, -0.1) is 0 Å². The second-order valence-corrected chi connectivity index (χ2v) is 7.96. The minimum absolute atomic E-state index is 0.299. The summed E-state index contributed by atoms with van der Waals surface area (Å²) in [4.78, 5) is 39.4. The molecular weight excluding hydrogens is 440 g/mol. The van der Waals surface area contributed by atoms with Crippen molar-refractivity contribution in [2.75, 3.05) is 10.2 Å². The molecule has 0 atom stereocenters. The van der Waals surface area contributed by atoms with Crippen molar-refractivity contribution in [1.82, 2.24) is 9.78 Å². The van der Waals surface area contributed by atoms with Crippen molar-refractivity contribution < 1.29 is 14.4 Å². The Hall–Kier alpha value is -4.23. The highest BCUT2D eigenvalue weighted by molar-refractivity contribution is 6.34. The summed E-state index contributed by atoms with van der Waals surface area (Å²) in [5.41, 5.74) is 2.32. The number of carbonyl (C=O) groups is 3. The molecule has 2 heterocycles. The first-order chi connectivity index (χ1) is 16.0. The standard InChI is InChI=1S/C25H17ClN4O3/c26-18-7-3-5-16(13-18)15-29-12-11-22(28-29)27-23(31)17-6-4-8-19(14-17)30-24(32)20-9-1-2-10-21(20)25(30)33/h1-14H,15H2,(H,27,28,31). The summed E-state index contributed by atoms with van der Waals surface area (Å²) in [6.45, 7) is 0.506. The molecule has 4 aromatic rings. The monoisotopic (exact) mass is 456 g/mol. The lowest BCUT2D eigenvalue weighted by atomic mass is 10.1. The summed E-state index contributed by atoms with van der Waals surface area (Å²) in [5.74, 6) is -0.838. The van der Waals surface area contributed by atoms with Crippen LogP contribution in [0.4, 0.5) is 11.5 Å². The molecule has 0 aliphatic carbocycles. The number of carbonyl (C=O) groups excluding carboxylic acids is 3. The number of anilines is 2. The fraction of sp³-hybridized carbons (Fsp3) is 0.0400. The van der Waals surface area contributed by atoms with Gasteiger partial charge in [-0.2, -0.15) is 5.10 Å². The molecule has 7 nitrogen and oxygen atoms in total. The zero-order valence-electron chi connectivity index (χ0n) is 17.2. The van der Waals surface area contributed by atoms with Crippen molar-refractivity contribution in [2.24, 2.45) is 0 Å². The predicted octanol–water partition coefficient (Wildman–Crippen LogP) is 4.64. The van der Waals surface area contributed by atoms with E-state index < -0.39 is 17.7 Å².